The van der Waals surface area contributed by atoms with Gasteiger partial charge < -0.3 is 20.1 Å². The highest BCUT2D eigenvalue weighted by Crippen LogP contribution is 2.28. The number of anilines is 1. The predicted octanol–water partition coefficient (Wildman–Crippen LogP) is 3.14. The smallest absolute Gasteiger partial charge is 0.123 e. The summed E-state index contributed by atoms with van der Waals surface area (Å²) in [7, 11) is 0. The number of aliphatic hydroxyl groups is 1. The molecule has 0 bridgehead atoms. The van der Waals surface area contributed by atoms with Crippen molar-refractivity contribution >= 4 is 17.3 Å². The van der Waals surface area contributed by atoms with Crippen LogP contribution in [0.2, 0.25) is 5.02 Å². The summed E-state index contributed by atoms with van der Waals surface area (Å²) < 4.78 is 18.4. The van der Waals surface area contributed by atoms with Crippen LogP contribution in [0, 0.1) is 5.82 Å². The molecule has 1 saturated heterocycles. The van der Waals surface area contributed by atoms with E-state index in [-0.39, 0.29) is 5.82 Å². The summed E-state index contributed by atoms with van der Waals surface area (Å²) >= 11 is 6.40. The molecule has 25 heavy (non-hydrogen) atoms. The number of aliphatic hydroxyl groups excluding tert-OH is 1. The van der Waals surface area contributed by atoms with Crippen LogP contribution in [0.5, 0.6) is 0 Å². The normalized spacial score (nSPS) is 16.0. The first-order valence-corrected chi connectivity index (χ1v) is 8.77. The second-order valence-electron chi connectivity index (χ2n) is 6.04. The Labute approximate surface area is 152 Å². The van der Waals surface area contributed by atoms with Crippen LogP contribution in [-0.2, 0) is 11.3 Å². The molecule has 1 aliphatic heterocycles. The molecule has 0 spiro atoms. The number of hydrogen-bond donors (Lipinski definition) is 2. The van der Waals surface area contributed by atoms with Crippen LogP contribution in [0.4, 0.5) is 10.1 Å². The number of halogens is 2. The number of morpholine rings is 1. The number of hydrogen-bond acceptors (Lipinski definition) is 4. The minimum absolute atomic E-state index is 0.310. The molecule has 6 heteroatoms. The lowest BCUT2D eigenvalue weighted by atomic mass is 10.1. The third-order valence-corrected chi connectivity index (χ3v) is 4.69. The van der Waals surface area contributed by atoms with Gasteiger partial charge in [-0.3, -0.25) is 0 Å². The summed E-state index contributed by atoms with van der Waals surface area (Å²) in [5, 5.41) is 14.2. The number of nitrogens with zero attached hydrogens (tertiary/aromatic N) is 1. The van der Waals surface area contributed by atoms with Gasteiger partial charge in [0.05, 0.1) is 19.3 Å². The van der Waals surface area contributed by atoms with E-state index in [0.29, 0.717) is 36.9 Å². The summed E-state index contributed by atoms with van der Waals surface area (Å²) in [4.78, 5) is 2.27. The molecule has 2 aromatic carbocycles. The summed E-state index contributed by atoms with van der Waals surface area (Å²) in [6, 6.07) is 11.8. The minimum Gasteiger partial charge on any atom is -0.387 e. The Kier molecular flexibility index (Phi) is 6.26. The molecule has 2 aromatic rings. The number of rotatable bonds is 6. The zero-order valence-corrected chi connectivity index (χ0v) is 14.7. The lowest BCUT2D eigenvalue weighted by Crippen LogP contribution is -2.37. The summed E-state index contributed by atoms with van der Waals surface area (Å²) in [5.74, 6) is -0.310. The van der Waals surface area contributed by atoms with Crippen molar-refractivity contribution in [3.63, 3.8) is 0 Å². The molecule has 1 atom stereocenters. The van der Waals surface area contributed by atoms with Gasteiger partial charge in [-0.15, -0.1) is 0 Å². The molecule has 1 aliphatic rings. The van der Waals surface area contributed by atoms with Gasteiger partial charge in [-0.1, -0.05) is 29.8 Å². The van der Waals surface area contributed by atoms with Gasteiger partial charge >= 0.3 is 0 Å². The maximum absolute atomic E-state index is 13.0. The Hall–Kier alpha value is -1.66. The summed E-state index contributed by atoms with van der Waals surface area (Å²) in [6.45, 7) is 4.01. The van der Waals surface area contributed by atoms with Crippen molar-refractivity contribution in [1.82, 2.24) is 5.32 Å². The van der Waals surface area contributed by atoms with Gasteiger partial charge in [0.15, 0.2) is 0 Å². The summed E-state index contributed by atoms with van der Waals surface area (Å²) in [5.41, 5.74) is 2.79. The molecular formula is C19H22ClFN2O2. The Morgan fingerprint density at radius 1 is 1.16 bits per heavy atom. The van der Waals surface area contributed by atoms with E-state index >= 15 is 0 Å². The predicted molar refractivity (Wildman–Crippen MR) is 97.6 cm³/mol. The van der Waals surface area contributed by atoms with E-state index in [1.165, 1.54) is 12.1 Å². The van der Waals surface area contributed by atoms with Crippen LogP contribution in [0.25, 0.3) is 0 Å². The Morgan fingerprint density at radius 2 is 1.88 bits per heavy atom. The maximum Gasteiger partial charge on any atom is 0.123 e. The first kappa shape index (κ1) is 18.1. The van der Waals surface area contributed by atoms with Crippen LogP contribution >= 0.6 is 11.6 Å². The van der Waals surface area contributed by atoms with Crippen molar-refractivity contribution in [3.05, 3.63) is 64.4 Å². The fourth-order valence-corrected chi connectivity index (χ4v) is 3.20. The molecule has 0 radical (unpaired) electrons. The van der Waals surface area contributed by atoms with Gasteiger partial charge in [0.25, 0.3) is 0 Å². The molecule has 4 nitrogen and oxygen atoms in total. The molecule has 0 amide bonds. The molecule has 0 aliphatic carbocycles. The van der Waals surface area contributed by atoms with Gasteiger partial charge in [0.1, 0.15) is 5.82 Å². The second-order valence-corrected chi connectivity index (χ2v) is 6.44. The quantitative estimate of drug-likeness (QED) is 0.826. The van der Waals surface area contributed by atoms with Crippen LogP contribution in [-0.4, -0.2) is 38.0 Å². The van der Waals surface area contributed by atoms with Crippen molar-refractivity contribution in [2.75, 3.05) is 37.7 Å². The highest BCUT2D eigenvalue weighted by molar-refractivity contribution is 6.31. The highest BCUT2D eigenvalue weighted by Gasteiger charge is 2.17. The standard InChI is InChI=1S/C19H22ClFN2O2/c20-17-2-1-3-18(23-8-10-25-11-9-23)16(17)12-22-13-19(24)14-4-6-15(21)7-5-14/h1-7,19,22,24H,8-13H2. The van der Waals surface area contributed by atoms with E-state index in [2.05, 4.69) is 16.3 Å². The fraction of sp³-hybridized carbons (Fsp3) is 0.368. The van der Waals surface area contributed by atoms with Gasteiger partial charge in [0, 0.05) is 42.5 Å². The number of ether oxygens (including phenoxy) is 1. The first-order chi connectivity index (χ1) is 12.1. The highest BCUT2D eigenvalue weighted by atomic mass is 35.5. The van der Waals surface area contributed by atoms with E-state index < -0.39 is 6.10 Å². The van der Waals surface area contributed by atoms with Gasteiger partial charge in [-0.25, -0.2) is 4.39 Å². The van der Waals surface area contributed by atoms with Crippen molar-refractivity contribution < 1.29 is 14.2 Å². The van der Waals surface area contributed by atoms with E-state index in [0.717, 1.165) is 24.3 Å². The van der Waals surface area contributed by atoms with Gasteiger partial charge in [0.2, 0.25) is 0 Å². The Bertz CT molecular complexity index is 690. The minimum atomic E-state index is -0.699. The lowest BCUT2D eigenvalue weighted by molar-refractivity contribution is 0.122. The molecular weight excluding hydrogens is 343 g/mol. The maximum atomic E-state index is 13.0. The third kappa shape index (κ3) is 4.70. The largest absolute Gasteiger partial charge is 0.387 e. The number of nitrogens with one attached hydrogen (secondary N) is 1. The molecule has 3 rings (SSSR count). The van der Waals surface area contributed by atoms with Crippen molar-refractivity contribution in [3.8, 4) is 0 Å². The zero-order chi connectivity index (χ0) is 17.6. The van der Waals surface area contributed by atoms with Gasteiger partial charge in [-0.2, -0.15) is 0 Å². The van der Waals surface area contributed by atoms with Crippen molar-refractivity contribution in [1.29, 1.82) is 0 Å². The van der Waals surface area contributed by atoms with Crippen molar-refractivity contribution in [2.45, 2.75) is 12.6 Å². The fourth-order valence-electron chi connectivity index (χ4n) is 2.96. The SMILES string of the molecule is OC(CNCc1c(Cl)cccc1N1CCOCC1)c1ccc(F)cc1. The third-order valence-electron chi connectivity index (χ3n) is 4.34. The van der Waals surface area contributed by atoms with E-state index in [4.69, 9.17) is 16.3 Å². The van der Waals surface area contributed by atoms with Crippen LogP contribution in [0.1, 0.15) is 17.2 Å². The van der Waals surface area contributed by atoms with Crippen molar-refractivity contribution in [2.24, 2.45) is 0 Å². The Morgan fingerprint density at radius 3 is 2.60 bits per heavy atom. The monoisotopic (exact) mass is 364 g/mol. The van der Waals surface area contributed by atoms with Crippen LogP contribution < -0.4 is 10.2 Å². The molecule has 1 unspecified atom stereocenters. The second kappa shape index (κ2) is 8.63. The van der Waals surface area contributed by atoms with E-state index in [9.17, 15) is 9.50 Å². The van der Waals surface area contributed by atoms with Crippen LogP contribution in [0.15, 0.2) is 42.5 Å². The molecule has 1 fully saturated rings. The molecule has 134 valence electrons. The molecule has 0 saturated carbocycles. The zero-order valence-electron chi connectivity index (χ0n) is 13.9. The van der Waals surface area contributed by atoms with E-state index in [1.807, 2.05) is 12.1 Å². The first-order valence-electron chi connectivity index (χ1n) is 8.39. The van der Waals surface area contributed by atoms with Crippen LogP contribution in [0.3, 0.4) is 0 Å². The molecule has 1 heterocycles. The molecule has 0 aromatic heterocycles. The Balaban J connectivity index is 1.63. The average molecular weight is 365 g/mol. The number of benzene rings is 2. The molecule has 2 N–H and O–H groups in total. The average Bonchev–Trinajstić information content (AvgIpc) is 2.64. The summed E-state index contributed by atoms with van der Waals surface area (Å²) in [6.07, 6.45) is -0.699. The van der Waals surface area contributed by atoms with E-state index in [1.54, 1.807) is 12.1 Å². The topological polar surface area (TPSA) is 44.7 Å². The van der Waals surface area contributed by atoms with Gasteiger partial charge in [-0.05, 0) is 29.8 Å². The lowest BCUT2D eigenvalue weighted by Gasteiger charge is -2.31.